The molecule has 0 spiro atoms. The van der Waals surface area contributed by atoms with Crippen molar-refractivity contribution in [3.05, 3.63) is 0 Å². The second-order valence-corrected chi connectivity index (χ2v) is 5.80. The van der Waals surface area contributed by atoms with Crippen LogP contribution in [0.2, 0.25) is 0 Å². The summed E-state index contributed by atoms with van der Waals surface area (Å²) in [5.74, 6) is 2.81. The summed E-state index contributed by atoms with van der Waals surface area (Å²) in [6, 6.07) is 0.128. The third-order valence-corrected chi connectivity index (χ3v) is 2.77. The first-order chi connectivity index (χ1) is 8.30. The maximum Gasteiger partial charge on any atom is 0.407 e. The number of hydrogen-bond acceptors (Lipinski definition) is 3. The zero-order chi connectivity index (χ0) is 13.8. The van der Waals surface area contributed by atoms with Crippen molar-refractivity contribution >= 4 is 11.9 Å². The fraction of sp³-hybridized carbons (Fsp3) is 0.714. The van der Waals surface area contributed by atoms with E-state index in [1.807, 2.05) is 20.8 Å². The van der Waals surface area contributed by atoms with E-state index in [0.29, 0.717) is 12.3 Å². The van der Waals surface area contributed by atoms with Gasteiger partial charge in [0.15, 0.2) is 0 Å². The third-order valence-electron chi connectivity index (χ3n) is 2.77. The van der Waals surface area contributed by atoms with Crippen molar-refractivity contribution in [2.75, 3.05) is 0 Å². The minimum atomic E-state index is -0.476. The number of hydrogen-bond donors (Lipinski definition) is 1. The molecule has 1 N–H and O–H groups in total. The molecule has 1 aliphatic carbocycles. The van der Waals surface area contributed by atoms with Gasteiger partial charge in [0, 0.05) is 12.5 Å². The van der Waals surface area contributed by atoms with Gasteiger partial charge in [0.1, 0.15) is 11.4 Å². The Kier molecular flexibility index (Phi) is 4.77. The van der Waals surface area contributed by atoms with Crippen LogP contribution in [0.1, 0.15) is 46.5 Å². The first-order valence-electron chi connectivity index (χ1n) is 6.25. The lowest BCUT2D eigenvalue weighted by Gasteiger charge is -2.35. The highest BCUT2D eigenvalue weighted by atomic mass is 16.6. The van der Waals surface area contributed by atoms with E-state index in [9.17, 15) is 9.59 Å². The molecule has 1 fully saturated rings. The Labute approximate surface area is 108 Å². The molecule has 18 heavy (non-hydrogen) atoms. The van der Waals surface area contributed by atoms with Crippen LogP contribution < -0.4 is 5.32 Å². The normalized spacial score (nSPS) is 22.6. The van der Waals surface area contributed by atoms with Crippen molar-refractivity contribution in [1.82, 2.24) is 5.32 Å². The van der Waals surface area contributed by atoms with Crippen LogP contribution in [0.25, 0.3) is 0 Å². The van der Waals surface area contributed by atoms with Gasteiger partial charge in [-0.3, -0.25) is 4.79 Å². The number of Topliss-reactive ketones (excluding diaryl/α,β-unsaturated/α-hetero) is 1. The first kappa shape index (κ1) is 14.6. The van der Waals surface area contributed by atoms with Crippen LogP contribution >= 0.6 is 0 Å². The van der Waals surface area contributed by atoms with Crippen LogP contribution in [0.3, 0.4) is 0 Å². The predicted octanol–water partition coefficient (Wildman–Crippen LogP) is 2.27. The molecule has 100 valence electrons. The highest BCUT2D eigenvalue weighted by Crippen LogP contribution is 2.31. The molecule has 0 aliphatic heterocycles. The van der Waals surface area contributed by atoms with Crippen molar-refractivity contribution < 1.29 is 14.3 Å². The van der Waals surface area contributed by atoms with E-state index in [4.69, 9.17) is 11.2 Å². The summed E-state index contributed by atoms with van der Waals surface area (Å²) in [6.07, 6.45) is 7.08. The lowest BCUT2D eigenvalue weighted by molar-refractivity contribution is -0.119. The molecule has 0 aromatic carbocycles. The number of nitrogens with one attached hydrogen (secondary N) is 1. The smallest absolute Gasteiger partial charge is 0.407 e. The quantitative estimate of drug-likeness (QED) is 0.780. The van der Waals surface area contributed by atoms with Crippen molar-refractivity contribution in [3.63, 3.8) is 0 Å². The molecule has 1 rings (SSSR count). The van der Waals surface area contributed by atoms with E-state index in [0.717, 1.165) is 12.8 Å². The highest BCUT2D eigenvalue weighted by molar-refractivity contribution is 5.81. The van der Waals surface area contributed by atoms with Gasteiger partial charge in [-0.25, -0.2) is 4.79 Å². The van der Waals surface area contributed by atoms with Crippen molar-refractivity contribution in [2.24, 2.45) is 5.92 Å². The molecule has 0 atom stereocenters. The molecular formula is C14H21NO3. The Bertz CT molecular complexity index is 356. The van der Waals surface area contributed by atoms with Crippen LogP contribution in [-0.4, -0.2) is 23.5 Å². The number of ketones is 1. The zero-order valence-electron chi connectivity index (χ0n) is 11.3. The van der Waals surface area contributed by atoms with Gasteiger partial charge >= 0.3 is 6.09 Å². The second kappa shape index (κ2) is 5.90. The van der Waals surface area contributed by atoms with Gasteiger partial charge in [0.2, 0.25) is 0 Å². The number of ether oxygens (including phenoxy) is 1. The Hall–Kier alpha value is -1.50. The van der Waals surface area contributed by atoms with Crippen LogP contribution in [0.4, 0.5) is 4.79 Å². The van der Waals surface area contributed by atoms with E-state index in [1.54, 1.807) is 0 Å². The lowest BCUT2D eigenvalue weighted by atomic mass is 9.77. The third kappa shape index (κ3) is 5.22. The molecule has 4 nitrogen and oxygen atoms in total. The van der Waals surface area contributed by atoms with Gasteiger partial charge in [-0.1, -0.05) is 5.92 Å². The zero-order valence-corrected chi connectivity index (χ0v) is 11.3. The molecular weight excluding hydrogens is 230 g/mol. The molecule has 1 aliphatic rings. The summed E-state index contributed by atoms with van der Waals surface area (Å²) in [5.41, 5.74) is -0.476. The number of amides is 1. The lowest BCUT2D eigenvalue weighted by Crippen LogP contribution is -2.46. The minimum Gasteiger partial charge on any atom is -0.444 e. The first-order valence-corrected chi connectivity index (χ1v) is 6.25. The van der Waals surface area contributed by atoms with E-state index in [-0.39, 0.29) is 24.3 Å². The molecule has 0 aromatic heterocycles. The van der Waals surface area contributed by atoms with Crippen molar-refractivity contribution in [1.29, 1.82) is 0 Å². The predicted molar refractivity (Wildman–Crippen MR) is 69.0 cm³/mol. The van der Waals surface area contributed by atoms with E-state index < -0.39 is 5.60 Å². The highest BCUT2D eigenvalue weighted by Gasteiger charge is 2.32. The average Bonchev–Trinajstić information content (AvgIpc) is 2.11. The summed E-state index contributed by atoms with van der Waals surface area (Å²) in [6.45, 7) is 5.48. The Morgan fingerprint density at radius 2 is 2.00 bits per heavy atom. The molecule has 0 heterocycles. The Morgan fingerprint density at radius 3 is 2.50 bits per heavy atom. The molecule has 4 heteroatoms. The fourth-order valence-corrected chi connectivity index (χ4v) is 2.00. The fourth-order valence-electron chi connectivity index (χ4n) is 2.00. The molecule has 0 bridgehead atoms. The number of carbonyl (C=O) groups excluding carboxylic acids is 2. The summed E-state index contributed by atoms with van der Waals surface area (Å²) in [4.78, 5) is 22.8. The SMILES string of the molecule is C#CCC(=O)CC1CC(NC(=O)OC(C)(C)C)C1. The summed E-state index contributed by atoms with van der Waals surface area (Å²) in [7, 11) is 0. The van der Waals surface area contributed by atoms with Gasteiger partial charge in [0.05, 0.1) is 6.42 Å². The van der Waals surface area contributed by atoms with Crippen LogP contribution in [0.5, 0.6) is 0 Å². The van der Waals surface area contributed by atoms with Gasteiger partial charge in [0.25, 0.3) is 0 Å². The monoisotopic (exact) mass is 251 g/mol. The van der Waals surface area contributed by atoms with Crippen molar-refractivity contribution in [2.45, 2.75) is 58.1 Å². The summed E-state index contributed by atoms with van der Waals surface area (Å²) in [5, 5.41) is 2.80. The number of carbonyl (C=O) groups is 2. The molecule has 0 saturated heterocycles. The van der Waals surface area contributed by atoms with Gasteiger partial charge < -0.3 is 10.1 Å². The summed E-state index contributed by atoms with van der Waals surface area (Å²) < 4.78 is 5.16. The molecule has 0 radical (unpaired) electrons. The largest absolute Gasteiger partial charge is 0.444 e. The number of alkyl carbamates (subject to hydrolysis) is 1. The van der Waals surface area contributed by atoms with Crippen LogP contribution in [0.15, 0.2) is 0 Å². The number of terminal acetylenes is 1. The van der Waals surface area contributed by atoms with Crippen LogP contribution in [-0.2, 0) is 9.53 Å². The van der Waals surface area contributed by atoms with Gasteiger partial charge in [-0.2, -0.15) is 0 Å². The molecule has 0 unspecified atom stereocenters. The molecule has 1 amide bonds. The maximum atomic E-state index is 11.5. The molecule has 0 aromatic rings. The number of rotatable bonds is 4. The second-order valence-electron chi connectivity index (χ2n) is 5.80. The van der Waals surface area contributed by atoms with E-state index in [2.05, 4.69) is 11.2 Å². The van der Waals surface area contributed by atoms with E-state index in [1.165, 1.54) is 0 Å². The maximum absolute atomic E-state index is 11.5. The Morgan fingerprint density at radius 1 is 1.39 bits per heavy atom. The average molecular weight is 251 g/mol. The van der Waals surface area contributed by atoms with Gasteiger partial charge in [-0.15, -0.1) is 6.42 Å². The minimum absolute atomic E-state index is 0.109. The topological polar surface area (TPSA) is 55.4 Å². The van der Waals surface area contributed by atoms with Crippen molar-refractivity contribution in [3.8, 4) is 12.3 Å². The summed E-state index contributed by atoms with van der Waals surface area (Å²) >= 11 is 0. The molecule has 1 saturated carbocycles. The standard InChI is InChI=1S/C14H21NO3/c1-5-6-12(16)9-10-7-11(8-10)15-13(17)18-14(2,3)4/h1,10-11H,6-9H2,2-4H3,(H,15,17). The Balaban J connectivity index is 2.18. The van der Waals surface area contributed by atoms with Gasteiger partial charge in [-0.05, 0) is 39.5 Å². The van der Waals surface area contributed by atoms with Crippen LogP contribution in [0, 0.1) is 18.3 Å². The van der Waals surface area contributed by atoms with E-state index >= 15 is 0 Å².